The van der Waals surface area contributed by atoms with E-state index in [1.807, 2.05) is 6.07 Å². The highest BCUT2D eigenvalue weighted by molar-refractivity contribution is 7.89. The highest BCUT2D eigenvalue weighted by Crippen LogP contribution is 2.16. The molecule has 0 radical (unpaired) electrons. The number of aromatic nitrogens is 2. The fourth-order valence-corrected chi connectivity index (χ4v) is 2.66. The summed E-state index contributed by atoms with van der Waals surface area (Å²) in [5.41, 5.74) is 7.92. The molecule has 0 aliphatic rings. The lowest BCUT2D eigenvalue weighted by Gasteiger charge is -2.04. The van der Waals surface area contributed by atoms with Crippen LogP contribution in [0.15, 0.2) is 18.2 Å². The standard InChI is InChI=1S/C11H17N5O2S/c1-2-14-19(17,18)6-5-13-11-15-9-4-3-8(12)7-10(9)16-11/h3-4,7,14H,2,5-6,12H2,1H3,(H2,13,15,16). The number of nitrogens with one attached hydrogen (secondary N) is 3. The molecule has 0 saturated carbocycles. The van der Waals surface area contributed by atoms with E-state index in [9.17, 15) is 8.42 Å². The fraction of sp³-hybridized carbons (Fsp3) is 0.364. The molecule has 0 unspecified atom stereocenters. The molecule has 0 aliphatic heterocycles. The van der Waals surface area contributed by atoms with Crippen LogP contribution < -0.4 is 15.8 Å². The normalized spacial score (nSPS) is 11.8. The number of nitrogens with two attached hydrogens (primary N) is 1. The van der Waals surface area contributed by atoms with E-state index in [4.69, 9.17) is 5.73 Å². The molecule has 0 spiro atoms. The molecule has 0 amide bonds. The first-order chi connectivity index (χ1) is 9.00. The van der Waals surface area contributed by atoms with E-state index < -0.39 is 10.0 Å². The second kappa shape index (κ2) is 5.45. The number of H-pyrrole nitrogens is 1. The Labute approximate surface area is 111 Å². The summed E-state index contributed by atoms with van der Waals surface area (Å²) in [6, 6.07) is 5.35. The van der Waals surface area contributed by atoms with Gasteiger partial charge in [-0.1, -0.05) is 6.92 Å². The second-order valence-corrected chi connectivity index (χ2v) is 6.03. The number of nitrogens with zero attached hydrogens (tertiary/aromatic N) is 1. The third kappa shape index (κ3) is 3.58. The maximum Gasteiger partial charge on any atom is 0.213 e. The highest BCUT2D eigenvalue weighted by atomic mass is 32.2. The number of fused-ring (bicyclic) bond motifs is 1. The average molecular weight is 283 g/mol. The minimum absolute atomic E-state index is 0.0000239. The largest absolute Gasteiger partial charge is 0.399 e. The molecule has 2 rings (SSSR count). The summed E-state index contributed by atoms with van der Waals surface area (Å²) in [5.74, 6) is 0.535. The van der Waals surface area contributed by atoms with Crippen LogP contribution in [0.25, 0.3) is 11.0 Å². The van der Waals surface area contributed by atoms with Crippen LogP contribution in [0.5, 0.6) is 0 Å². The molecule has 0 fully saturated rings. The Morgan fingerprint density at radius 1 is 1.42 bits per heavy atom. The predicted octanol–water partition coefficient (Wildman–Crippen LogP) is 0.496. The van der Waals surface area contributed by atoms with E-state index in [1.165, 1.54) is 0 Å². The Morgan fingerprint density at radius 2 is 2.21 bits per heavy atom. The lowest BCUT2D eigenvalue weighted by Crippen LogP contribution is -2.29. The van der Waals surface area contributed by atoms with Crippen molar-refractivity contribution < 1.29 is 8.42 Å². The molecule has 8 heteroatoms. The smallest absolute Gasteiger partial charge is 0.213 e. The summed E-state index contributed by atoms with van der Waals surface area (Å²) in [6.45, 7) is 2.42. The van der Waals surface area contributed by atoms with Crippen molar-refractivity contribution in [3.63, 3.8) is 0 Å². The summed E-state index contributed by atoms with van der Waals surface area (Å²) >= 11 is 0. The lowest BCUT2D eigenvalue weighted by atomic mass is 10.3. The van der Waals surface area contributed by atoms with Crippen LogP contribution in [0.3, 0.4) is 0 Å². The van der Waals surface area contributed by atoms with Gasteiger partial charge >= 0.3 is 0 Å². The quantitative estimate of drug-likeness (QED) is 0.576. The minimum Gasteiger partial charge on any atom is -0.399 e. The van der Waals surface area contributed by atoms with Crippen molar-refractivity contribution in [2.75, 3.05) is 29.9 Å². The first-order valence-corrected chi connectivity index (χ1v) is 7.62. The molecule has 1 aromatic heterocycles. The van der Waals surface area contributed by atoms with Crippen molar-refractivity contribution in [1.29, 1.82) is 0 Å². The van der Waals surface area contributed by atoms with Gasteiger partial charge in [0.25, 0.3) is 0 Å². The molecule has 5 N–H and O–H groups in total. The third-order valence-electron chi connectivity index (χ3n) is 2.53. The van der Waals surface area contributed by atoms with Crippen LogP contribution in [0.4, 0.5) is 11.6 Å². The summed E-state index contributed by atoms with van der Waals surface area (Å²) < 4.78 is 25.3. The van der Waals surface area contributed by atoms with Gasteiger partial charge < -0.3 is 16.0 Å². The molecule has 0 atom stereocenters. The van der Waals surface area contributed by atoms with E-state index in [0.717, 1.165) is 11.0 Å². The van der Waals surface area contributed by atoms with Crippen LogP contribution in [0.1, 0.15) is 6.92 Å². The van der Waals surface area contributed by atoms with Gasteiger partial charge in [-0.25, -0.2) is 18.1 Å². The second-order valence-electron chi connectivity index (χ2n) is 4.11. The maximum absolute atomic E-state index is 11.4. The number of anilines is 2. The number of aromatic amines is 1. The van der Waals surface area contributed by atoms with Crippen molar-refractivity contribution in [1.82, 2.24) is 14.7 Å². The van der Waals surface area contributed by atoms with Crippen molar-refractivity contribution in [2.24, 2.45) is 0 Å². The van der Waals surface area contributed by atoms with Crippen LogP contribution in [-0.2, 0) is 10.0 Å². The number of sulfonamides is 1. The van der Waals surface area contributed by atoms with Gasteiger partial charge in [0.2, 0.25) is 16.0 Å². The van der Waals surface area contributed by atoms with E-state index in [2.05, 4.69) is 20.0 Å². The number of nitrogen functional groups attached to an aromatic ring is 1. The Hall–Kier alpha value is -1.80. The molecule has 0 bridgehead atoms. The molecule has 19 heavy (non-hydrogen) atoms. The van der Waals surface area contributed by atoms with E-state index >= 15 is 0 Å². The van der Waals surface area contributed by atoms with Gasteiger partial charge in [-0.3, -0.25) is 0 Å². The van der Waals surface area contributed by atoms with E-state index in [-0.39, 0.29) is 12.3 Å². The first-order valence-electron chi connectivity index (χ1n) is 5.96. The lowest BCUT2D eigenvalue weighted by molar-refractivity contribution is 0.584. The van der Waals surface area contributed by atoms with Gasteiger partial charge in [-0.05, 0) is 18.2 Å². The Kier molecular flexibility index (Phi) is 3.91. The van der Waals surface area contributed by atoms with Crippen molar-refractivity contribution in [3.8, 4) is 0 Å². The highest BCUT2D eigenvalue weighted by Gasteiger charge is 2.08. The van der Waals surface area contributed by atoms with E-state index in [1.54, 1.807) is 19.1 Å². The molecular weight excluding hydrogens is 266 g/mol. The van der Waals surface area contributed by atoms with Crippen LogP contribution in [0, 0.1) is 0 Å². The zero-order valence-corrected chi connectivity index (χ0v) is 11.4. The van der Waals surface area contributed by atoms with Crippen molar-refractivity contribution >= 4 is 32.7 Å². The number of imidazole rings is 1. The fourth-order valence-electron chi connectivity index (χ4n) is 1.71. The SMILES string of the molecule is CCNS(=O)(=O)CCNc1nc2ccc(N)cc2[nH]1. The third-order valence-corrected chi connectivity index (χ3v) is 4.00. The van der Waals surface area contributed by atoms with Gasteiger partial charge in [-0.15, -0.1) is 0 Å². The molecule has 0 saturated heterocycles. The van der Waals surface area contributed by atoms with Crippen molar-refractivity contribution in [3.05, 3.63) is 18.2 Å². The van der Waals surface area contributed by atoms with Crippen LogP contribution in [-0.4, -0.2) is 37.2 Å². The Morgan fingerprint density at radius 3 is 2.95 bits per heavy atom. The van der Waals surface area contributed by atoms with Crippen molar-refractivity contribution in [2.45, 2.75) is 6.92 Å². The zero-order valence-electron chi connectivity index (χ0n) is 10.6. The number of hydrogen-bond donors (Lipinski definition) is 4. The van der Waals surface area contributed by atoms with Gasteiger partial charge in [0.05, 0.1) is 16.8 Å². The molecule has 1 heterocycles. The number of benzene rings is 1. The summed E-state index contributed by atoms with van der Waals surface area (Å²) in [5, 5.41) is 2.94. The molecule has 0 aliphatic carbocycles. The average Bonchev–Trinajstić information content (AvgIpc) is 2.70. The van der Waals surface area contributed by atoms with Crippen LogP contribution >= 0.6 is 0 Å². The predicted molar refractivity (Wildman–Crippen MR) is 76.5 cm³/mol. The van der Waals surface area contributed by atoms with Gasteiger partial charge in [0, 0.05) is 18.8 Å². The van der Waals surface area contributed by atoms with Crippen LogP contribution in [0.2, 0.25) is 0 Å². The Bertz CT molecular complexity index is 665. The van der Waals surface area contributed by atoms with Gasteiger partial charge in [0.1, 0.15) is 0 Å². The Balaban J connectivity index is 1.99. The topological polar surface area (TPSA) is 113 Å². The summed E-state index contributed by atoms with van der Waals surface area (Å²) in [4.78, 5) is 7.32. The van der Waals surface area contributed by atoms with Gasteiger partial charge in [-0.2, -0.15) is 0 Å². The zero-order chi connectivity index (χ0) is 13.9. The molecule has 2 aromatic rings. The summed E-state index contributed by atoms with van der Waals surface area (Å²) in [7, 11) is -3.21. The monoisotopic (exact) mass is 283 g/mol. The molecular formula is C11H17N5O2S. The minimum atomic E-state index is -3.21. The molecule has 1 aromatic carbocycles. The van der Waals surface area contributed by atoms with Gasteiger partial charge in [0.15, 0.2) is 0 Å². The molecule has 7 nitrogen and oxygen atoms in total. The number of rotatable bonds is 6. The molecule has 104 valence electrons. The van der Waals surface area contributed by atoms with E-state index in [0.29, 0.717) is 18.2 Å². The maximum atomic E-state index is 11.4. The summed E-state index contributed by atoms with van der Waals surface area (Å²) in [6.07, 6.45) is 0. The first kappa shape index (κ1) is 13.6. The number of hydrogen-bond acceptors (Lipinski definition) is 5.